The van der Waals surface area contributed by atoms with Gasteiger partial charge in [0, 0.05) is 10.5 Å². The van der Waals surface area contributed by atoms with Crippen molar-refractivity contribution in [3.63, 3.8) is 0 Å². The van der Waals surface area contributed by atoms with E-state index in [1.54, 1.807) is 24.3 Å². The van der Waals surface area contributed by atoms with E-state index in [0.29, 0.717) is 21.6 Å². The molecule has 0 spiro atoms. The fraction of sp³-hybridized carbons (Fsp3) is 0.286. The lowest BCUT2D eigenvalue weighted by Gasteiger charge is -2.37. The van der Waals surface area contributed by atoms with E-state index < -0.39 is 4.92 Å². The molecule has 1 aromatic heterocycles. The van der Waals surface area contributed by atoms with Gasteiger partial charge in [0.15, 0.2) is 0 Å². The maximum atomic E-state index is 12.8. The average Bonchev–Trinajstić information content (AvgIpc) is 3.31. The first-order valence-corrected chi connectivity index (χ1v) is 10.4. The van der Waals surface area contributed by atoms with Crippen LogP contribution in [0, 0.1) is 33.8 Å². The maximum absolute atomic E-state index is 12.8. The predicted molar refractivity (Wildman–Crippen MR) is 110 cm³/mol. The highest BCUT2D eigenvalue weighted by molar-refractivity contribution is 9.10. The molecule has 0 N–H and O–H groups in total. The number of rotatable bonds is 4. The van der Waals surface area contributed by atoms with Gasteiger partial charge in [0.2, 0.25) is 0 Å². The first-order chi connectivity index (χ1) is 14.4. The highest BCUT2D eigenvalue weighted by atomic mass is 79.9. The number of halogens is 1. The Balaban J connectivity index is 1.40. The Labute approximate surface area is 179 Å². The minimum atomic E-state index is -0.484. The second kappa shape index (κ2) is 7.02. The van der Waals surface area contributed by atoms with E-state index in [0.717, 1.165) is 17.9 Å². The molecule has 1 aliphatic heterocycles. The number of allylic oxidation sites excluding steroid dienone is 2. The molecule has 2 aromatic rings. The Morgan fingerprint density at radius 1 is 1.10 bits per heavy atom. The smallest absolute Gasteiger partial charge is 0.281 e. The van der Waals surface area contributed by atoms with Crippen LogP contribution in [0.2, 0.25) is 0 Å². The second-order valence-corrected chi connectivity index (χ2v) is 8.61. The standard InChI is InChI=1S/C21H16BrN3O5/c22-13-5-7-15(16(9-13)25(28)29)17-8-6-14(30-17)10-23-24-20(26)18-11-1-2-12(4-3-11)19(18)21(24)27/h1-2,5-12,18-19H,3-4H2/b23-10-/t11-,12-,18+,19+/m1/s1. The number of hydrogen-bond donors (Lipinski definition) is 0. The number of imide groups is 1. The van der Waals surface area contributed by atoms with Gasteiger partial charge in [0.05, 0.1) is 28.5 Å². The van der Waals surface area contributed by atoms with Gasteiger partial charge < -0.3 is 4.42 Å². The van der Waals surface area contributed by atoms with Gasteiger partial charge in [-0.3, -0.25) is 19.7 Å². The van der Waals surface area contributed by atoms with E-state index in [1.165, 1.54) is 12.3 Å². The molecule has 1 aromatic carbocycles. The minimum Gasteiger partial charge on any atom is -0.455 e. The molecular weight excluding hydrogens is 454 g/mol. The lowest BCUT2D eigenvalue weighted by Crippen LogP contribution is -2.38. The molecule has 6 rings (SSSR count). The van der Waals surface area contributed by atoms with Crippen molar-refractivity contribution in [3.8, 4) is 11.3 Å². The Morgan fingerprint density at radius 2 is 1.77 bits per heavy atom. The van der Waals surface area contributed by atoms with Gasteiger partial charge >= 0.3 is 0 Å². The van der Waals surface area contributed by atoms with Crippen molar-refractivity contribution < 1.29 is 18.9 Å². The molecule has 9 heteroatoms. The van der Waals surface area contributed by atoms with Crippen LogP contribution in [-0.4, -0.2) is 28.0 Å². The average molecular weight is 470 g/mol. The van der Waals surface area contributed by atoms with Crippen molar-refractivity contribution in [2.75, 3.05) is 0 Å². The number of nitro groups is 1. The van der Waals surface area contributed by atoms with Gasteiger partial charge in [-0.15, -0.1) is 0 Å². The van der Waals surface area contributed by atoms with Gasteiger partial charge in [-0.05, 0) is 48.9 Å². The number of carbonyl (C=O) groups is 2. The number of hydrogen-bond acceptors (Lipinski definition) is 6. The molecule has 0 unspecified atom stereocenters. The summed E-state index contributed by atoms with van der Waals surface area (Å²) in [6.07, 6.45) is 7.25. The van der Waals surface area contributed by atoms with E-state index in [4.69, 9.17) is 4.42 Å². The SMILES string of the molecule is O=C1[C@@H]2[C@@H](C(=O)N1/N=C\c1ccc(-c3ccc(Br)cc3[N+](=O)[O-])o1)[C@@H]1C=C[C@@H]2CC1. The van der Waals surface area contributed by atoms with Crippen molar-refractivity contribution in [2.45, 2.75) is 12.8 Å². The van der Waals surface area contributed by atoms with E-state index in [1.807, 2.05) is 0 Å². The predicted octanol–water partition coefficient (Wildman–Crippen LogP) is 4.15. The molecule has 1 saturated heterocycles. The number of hydrazone groups is 1. The molecule has 4 aliphatic rings. The third-order valence-corrected chi connectivity index (χ3v) is 6.58. The third kappa shape index (κ3) is 2.92. The molecule has 4 atom stereocenters. The van der Waals surface area contributed by atoms with E-state index in [2.05, 4.69) is 33.2 Å². The minimum absolute atomic E-state index is 0.0980. The molecule has 2 bridgehead atoms. The second-order valence-electron chi connectivity index (χ2n) is 7.69. The highest BCUT2D eigenvalue weighted by Gasteiger charge is 2.56. The van der Waals surface area contributed by atoms with Crippen molar-refractivity contribution >= 4 is 39.6 Å². The fourth-order valence-corrected chi connectivity index (χ4v) is 5.07. The zero-order valence-electron chi connectivity index (χ0n) is 15.6. The van der Waals surface area contributed by atoms with Gasteiger partial charge in [-0.25, -0.2) is 0 Å². The fourth-order valence-electron chi connectivity index (χ4n) is 4.72. The van der Waals surface area contributed by atoms with E-state index >= 15 is 0 Å². The summed E-state index contributed by atoms with van der Waals surface area (Å²) in [5.74, 6) is -0.391. The first-order valence-electron chi connectivity index (χ1n) is 9.58. The van der Waals surface area contributed by atoms with Crippen LogP contribution in [0.15, 0.2) is 56.5 Å². The Kier molecular flexibility index (Phi) is 4.43. The lowest BCUT2D eigenvalue weighted by atomic mass is 9.63. The van der Waals surface area contributed by atoms with Crippen LogP contribution in [0.4, 0.5) is 5.69 Å². The van der Waals surface area contributed by atoms with Gasteiger partial charge in [-0.2, -0.15) is 10.1 Å². The number of carbonyl (C=O) groups excluding carboxylic acids is 2. The van der Waals surface area contributed by atoms with Crippen LogP contribution in [0.5, 0.6) is 0 Å². The first kappa shape index (κ1) is 18.9. The van der Waals surface area contributed by atoms with Crippen LogP contribution in [0.3, 0.4) is 0 Å². The van der Waals surface area contributed by atoms with Crippen LogP contribution in [0.1, 0.15) is 18.6 Å². The topological polar surface area (TPSA) is 106 Å². The molecule has 8 nitrogen and oxygen atoms in total. The molecule has 30 heavy (non-hydrogen) atoms. The summed E-state index contributed by atoms with van der Waals surface area (Å²) in [6, 6.07) is 7.85. The third-order valence-electron chi connectivity index (χ3n) is 6.09. The normalized spacial score (nSPS) is 27.3. The summed E-state index contributed by atoms with van der Waals surface area (Å²) in [5, 5.41) is 16.4. The Morgan fingerprint density at radius 3 is 2.37 bits per heavy atom. The summed E-state index contributed by atoms with van der Waals surface area (Å²) >= 11 is 3.22. The number of nitro benzene ring substituents is 1. The number of furan rings is 1. The number of benzene rings is 1. The van der Waals surface area contributed by atoms with Gasteiger partial charge in [0.25, 0.3) is 17.5 Å². The van der Waals surface area contributed by atoms with Gasteiger partial charge in [-0.1, -0.05) is 28.1 Å². The zero-order valence-corrected chi connectivity index (χ0v) is 17.2. The van der Waals surface area contributed by atoms with Crippen LogP contribution >= 0.6 is 15.9 Å². The molecule has 3 aliphatic carbocycles. The summed E-state index contributed by atoms with van der Waals surface area (Å²) < 4.78 is 6.26. The van der Waals surface area contributed by atoms with E-state index in [9.17, 15) is 19.7 Å². The summed E-state index contributed by atoms with van der Waals surface area (Å²) in [4.78, 5) is 36.4. The molecule has 0 radical (unpaired) electrons. The van der Waals surface area contributed by atoms with Crippen molar-refractivity contribution in [2.24, 2.45) is 28.8 Å². The molecule has 2 heterocycles. The summed E-state index contributed by atoms with van der Waals surface area (Å²) in [6.45, 7) is 0. The van der Waals surface area contributed by atoms with Crippen molar-refractivity contribution in [1.29, 1.82) is 0 Å². The lowest BCUT2D eigenvalue weighted by molar-refractivity contribution is -0.384. The van der Waals surface area contributed by atoms with Crippen LogP contribution < -0.4 is 0 Å². The largest absolute Gasteiger partial charge is 0.455 e. The van der Waals surface area contributed by atoms with E-state index in [-0.39, 0.29) is 41.2 Å². The quantitative estimate of drug-likeness (QED) is 0.220. The zero-order chi connectivity index (χ0) is 21.0. The number of nitrogens with zero attached hydrogens (tertiary/aromatic N) is 3. The summed E-state index contributed by atoms with van der Waals surface area (Å²) in [7, 11) is 0. The Hall–Kier alpha value is -3.07. The molecule has 2 amide bonds. The Bertz CT molecular complexity index is 1110. The highest BCUT2D eigenvalue weighted by Crippen LogP contribution is 2.49. The van der Waals surface area contributed by atoms with Crippen molar-refractivity contribution in [1.82, 2.24) is 5.01 Å². The monoisotopic (exact) mass is 469 g/mol. The van der Waals surface area contributed by atoms with Gasteiger partial charge in [0.1, 0.15) is 11.5 Å². The number of amides is 2. The molecule has 1 saturated carbocycles. The van der Waals surface area contributed by atoms with Crippen molar-refractivity contribution in [3.05, 3.63) is 62.8 Å². The summed E-state index contributed by atoms with van der Waals surface area (Å²) in [5.41, 5.74) is 0.226. The molecular formula is C21H16BrN3O5. The van der Waals surface area contributed by atoms with Crippen LogP contribution in [-0.2, 0) is 9.59 Å². The molecule has 2 fully saturated rings. The van der Waals surface area contributed by atoms with Crippen LogP contribution in [0.25, 0.3) is 11.3 Å². The molecule has 152 valence electrons. The number of fused-ring (bicyclic) bond motifs is 1. The maximum Gasteiger partial charge on any atom is 0.281 e.